The molecule has 1 N–H and O–H groups in total. The van der Waals surface area contributed by atoms with Crippen molar-refractivity contribution in [2.45, 2.75) is 37.6 Å². The van der Waals surface area contributed by atoms with Crippen LogP contribution in [0.2, 0.25) is 10.0 Å². The van der Waals surface area contributed by atoms with Gasteiger partial charge in [-0.2, -0.15) is 0 Å². The van der Waals surface area contributed by atoms with Gasteiger partial charge in [0.1, 0.15) is 0 Å². The number of amides is 1. The third-order valence-electron chi connectivity index (χ3n) is 5.95. The van der Waals surface area contributed by atoms with Gasteiger partial charge in [0, 0.05) is 28.4 Å². The fraction of sp³-hybridized carbons (Fsp3) is 0.391. The minimum atomic E-state index is -0.940. The number of carboxylic acids is 1. The molecule has 2 unspecified atom stereocenters. The van der Waals surface area contributed by atoms with Crippen LogP contribution in [0.15, 0.2) is 48.5 Å². The Morgan fingerprint density at radius 2 is 1.76 bits per heavy atom. The van der Waals surface area contributed by atoms with Gasteiger partial charge >= 0.3 is 5.97 Å². The highest BCUT2D eigenvalue weighted by atomic mass is 35.5. The summed E-state index contributed by atoms with van der Waals surface area (Å²) >= 11 is 12.4. The van der Waals surface area contributed by atoms with Gasteiger partial charge in [-0.15, -0.1) is 0 Å². The van der Waals surface area contributed by atoms with Gasteiger partial charge in [-0.3, -0.25) is 9.59 Å². The number of benzene rings is 2. The maximum Gasteiger partial charge on any atom is 0.304 e. The van der Waals surface area contributed by atoms with Crippen molar-refractivity contribution in [2.24, 2.45) is 11.8 Å². The molecular formula is C23H23Cl2NO3. The second kappa shape index (κ2) is 8.37. The zero-order valence-electron chi connectivity index (χ0n) is 15.9. The molecule has 2 aliphatic rings. The number of aliphatic carboxylic acids is 1. The molecule has 0 aromatic heterocycles. The standard InChI is InChI=1S/C23H23Cl2NO3/c24-18-8-6-15(7-9-18)22-20(16-2-1-3-19(25)10-16)11-17(12-21(27)28)23(29)26(22)13-14-4-5-14/h1-3,6-10,14,17,20,22H,4-5,11-13H2,(H,27,28)/t17-,20?,22?/m0/s1. The van der Waals surface area contributed by atoms with E-state index in [0.29, 0.717) is 28.9 Å². The average Bonchev–Trinajstić information content (AvgIpc) is 3.49. The topological polar surface area (TPSA) is 57.6 Å². The summed E-state index contributed by atoms with van der Waals surface area (Å²) in [5, 5.41) is 10.7. The number of hydrogen-bond acceptors (Lipinski definition) is 2. The van der Waals surface area contributed by atoms with Crippen molar-refractivity contribution in [1.82, 2.24) is 4.90 Å². The van der Waals surface area contributed by atoms with Crippen molar-refractivity contribution in [3.63, 3.8) is 0 Å². The Balaban J connectivity index is 1.78. The summed E-state index contributed by atoms with van der Waals surface area (Å²) in [6.07, 6.45) is 2.56. The largest absolute Gasteiger partial charge is 0.481 e. The zero-order valence-corrected chi connectivity index (χ0v) is 17.4. The molecule has 6 heteroatoms. The van der Waals surface area contributed by atoms with Crippen LogP contribution in [-0.4, -0.2) is 28.4 Å². The van der Waals surface area contributed by atoms with E-state index in [9.17, 15) is 14.7 Å². The van der Waals surface area contributed by atoms with E-state index in [2.05, 4.69) is 0 Å². The van der Waals surface area contributed by atoms with Crippen LogP contribution in [-0.2, 0) is 9.59 Å². The molecule has 1 amide bonds. The SMILES string of the molecule is O=C(O)C[C@@H]1CC(c2cccc(Cl)c2)C(c2ccc(Cl)cc2)N(CC2CC2)C1=O. The predicted molar refractivity (Wildman–Crippen MR) is 113 cm³/mol. The van der Waals surface area contributed by atoms with Gasteiger partial charge in [-0.05, 0) is 60.6 Å². The number of piperidine rings is 1. The second-order valence-electron chi connectivity index (χ2n) is 8.12. The van der Waals surface area contributed by atoms with Crippen LogP contribution in [0.25, 0.3) is 0 Å². The number of rotatable bonds is 6. The molecular weight excluding hydrogens is 409 g/mol. The molecule has 2 aromatic carbocycles. The molecule has 1 heterocycles. The van der Waals surface area contributed by atoms with Crippen LogP contribution in [0, 0.1) is 11.8 Å². The van der Waals surface area contributed by atoms with E-state index in [1.165, 1.54) is 0 Å². The molecule has 29 heavy (non-hydrogen) atoms. The Hall–Kier alpha value is -2.04. The Labute approximate surface area is 180 Å². The first-order valence-corrected chi connectivity index (χ1v) is 10.7. The summed E-state index contributed by atoms with van der Waals surface area (Å²) in [5.74, 6) is -1.06. The summed E-state index contributed by atoms with van der Waals surface area (Å²) < 4.78 is 0. The highest BCUT2D eigenvalue weighted by molar-refractivity contribution is 6.30. The van der Waals surface area contributed by atoms with E-state index in [0.717, 1.165) is 24.0 Å². The lowest BCUT2D eigenvalue weighted by molar-refractivity contribution is -0.150. The van der Waals surface area contributed by atoms with E-state index in [4.69, 9.17) is 23.2 Å². The van der Waals surface area contributed by atoms with Crippen LogP contribution < -0.4 is 0 Å². The molecule has 152 valence electrons. The lowest BCUT2D eigenvalue weighted by Crippen LogP contribution is -2.48. The third kappa shape index (κ3) is 4.59. The van der Waals surface area contributed by atoms with Gasteiger partial charge in [0.05, 0.1) is 12.5 Å². The number of hydrogen-bond donors (Lipinski definition) is 1. The number of carbonyl (C=O) groups is 2. The minimum absolute atomic E-state index is 0.0318. The molecule has 0 bridgehead atoms. The van der Waals surface area contributed by atoms with E-state index >= 15 is 0 Å². The number of carboxylic acid groups (broad SMARTS) is 1. The first-order chi connectivity index (χ1) is 13.9. The van der Waals surface area contributed by atoms with Crippen LogP contribution in [0.1, 0.15) is 48.8 Å². The number of halogens is 2. The maximum absolute atomic E-state index is 13.3. The Morgan fingerprint density at radius 1 is 1.03 bits per heavy atom. The average molecular weight is 432 g/mol. The van der Waals surface area contributed by atoms with Gasteiger partial charge < -0.3 is 10.0 Å². The van der Waals surface area contributed by atoms with Crippen molar-refractivity contribution in [3.05, 3.63) is 69.7 Å². The Bertz CT molecular complexity index is 911. The van der Waals surface area contributed by atoms with Gasteiger partial charge in [0.2, 0.25) is 5.91 Å². The van der Waals surface area contributed by atoms with E-state index in [1.807, 2.05) is 53.4 Å². The number of likely N-dealkylation sites (tertiary alicyclic amines) is 1. The molecule has 1 saturated carbocycles. The zero-order chi connectivity index (χ0) is 20.5. The van der Waals surface area contributed by atoms with Crippen LogP contribution in [0.5, 0.6) is 0 Å². The molecule has 1 aliphatic carbocycles. The summed E-state index contributed by atoms with van der Waals surface area (Å²) in [7, 11) is 0. The number of nitrogens with zero attached hydrogens (tertiary/aromatic N) is 1. The highest BCUT2D eigenvalue weighted by Crippen LogP contribution is 2.48. The van der Waals surface area contributed by atoms with Crippen molar-refractivity contribution in [2.75, 3.05) is 6.54 Å². The van der Waals surface area contributed by atoms with Crippen LogP contribution >= 0.6 is 23.2 Å². The summed E-state index contributed by atoms with van der Waals surface area (Å²) in [6.45, 7) is 0.666. The van der Waals surface area contributed by atoms with Crippen molar-refractivity contribution in [3.8, 4) is 0 Å². The maximum atomic E-state index is 13.3. The van der Waals surface area contributed by atoms with Crippen LogP contribution in [0.4, 0.5) is 0 Å². The smallest absolute Gasteiger partial charge is 0.304 e. The summed E-state index contributed by atoms with van der Waals surface area (Å²) in [6, 6.07) is 15.1. The van der Waals surface area contributed by atoms with Gasteiger partial charge in [0.15, 0.2) is 0 Å². The van der Waals surface area contributed by atoms with Gasteiger partial charge in [0.25, 0.3) is 0 Å². The second-order valence-corrected chi connectivity index (χ2v) is 9.00. The van der Waals surface area contributed by atoms with Crippen molar-refractivity contribution < 1.29 is 14.7 Å². The first-order valence-electron chi connectivity index (χ1n) is 9.95. The lowest BCUT2D eigenvalue weighted by atomic mass is 9.75. The minimum Gasteiger partial charge on any atom is -0.481 e. The molecule has 2 aromatic rings. The van der Waals surface area contributed by atoms with Gasteiger partial charge in [-0.1, -0.05) is 47.5 Å². The molecule has 0 radical (unpaired) electrons. The molecule has 2 fully saturated rings. The number of carbonyl (C=O) groups excluding carboxylic acids is 1. The monoisotopic (exact) mass is 431 g/mol. The fourth-order valence-corrected chi connectivity index (χ4v) is 4.74. The van der Waals surface area contributed by atoms with Crippen molar-refractivity contribution >= 4 is 35.1 Å². The quantitative estimate of drug-likeness (QED) is 0.651. The van der Waals surface area contributed by atoms with Crippen molar-refractivity contribution in [1.29, 1.82) is 0 Å². The molecule has 3 atom stereocenters. The van der Waals surface area contributed by atoms with E-state index in [1.54, 1.807) is 0 Å². The Kier molecular flexibility index (Phi) is 5.84. The first kappa shape index (κ1) is 20.2. The molecule has 4 rings (SSSR count). The third-order valence-corrected chi connectivity index (χ3v) is 6.44. The fourth-order valence-electron chi connectivity index (χ4n) is 4.42. The molecule has 0 spiro atoms. The molecule has 4 nitrogen and oxygen atoms in total. The molecule has 1 saturated heterocycles. The molecule has 1 aliphatic heterocycles. The Morgan fingerprint density at radius 3 is 2.38 bits per heavy atom. The highest BCUT2D eigenvalue weighted by Gasteiger charge is 2.45. The predicted octanol–water partition coefficient (Wildman–Crippen LogP) is 5.55. The summed E-state index contributed by atoms with van der Waals surface area (Å²) in [4.78, 5) is 26.7. The van der Waals surface area contributed by atoms with E-state index in [-0.39, 0.29) is 24.3 Å². The van der Waals surface area contributed by atoms with E-state index < -0.39 is 11.9 Å². The van der Waals surface area contributed by atoms with Gasteiger partial charge in [-0.25, -0.2) is 0 Å². The van der Waals surface area contributed by atoms with Crippen LogP contribution in [0.3, 0.4) is 0 Å². The summed E-state index contributed by atoms with van der Waals surface area (Å²) in [5.41, 5.74) is 2.04. The lowest BCUT2D eigenvalue weighted by Gasteiger charge is -2.45. The normalized spacial score (nSPS) is 24.6.